The molecule has 0 N–H and O–H groups in total. The molecule has 4 rings (SSSR count). The van der Waals surface area contributed by atoms with Gasteiger partial charge in [0.1, 0.15) is 5.75 Å². The third-order valence-electron chi connectivity index (χ3n) is 4.44. The van der Waals surface area contributed by atoms with Crippen molar-refractivity contribution in [2.24, 2.45) is 4.99 Å². The highest BCUT2D eigenvalue weighted by Crippen LogP contribution is 2.45. The lowest BCUT2D eigenvalue weighted by Crippen LogP contribution is -2.05. The van der Waals surface area contributed by atoms with Crippen LogP contribution in [0, 0.1) is 0 Å². The first-order valence-electron chi connectivity index (χ1n) is 8.95. The number of aliphatic imine (C=N–C) groups is 1. The van der Waals surface area contributed by atoms with Gasteiger partial charge in [0, 0.05) is 22.3 Å². The number of hydrogen-bond acceptors (Lipinski definition) is 3. The van der Waals surface area contributed by atoms with Crippen LogP contribution >= 0.6 is 11.8 Å². The zero-order valence-electron chi connectivity index (χ0n) is 14.8. The van der Waals surface area contributed by atoms with Crippen molar-refractivity contribution < 1.29 is 4.74 Å². The zero-order valence-corrected chi connectivity index (χ0v) is 15.6. The van der Waals surface area contributed by atoms with Crippen LogP contribution in [0.2, 0.25) is 0 Å². The van der Waals surface area contributed by atoms with Crippen molar-refractivity contribution >= 4 is 23.2 Å². The maximum absolute atomic E-state index is 5.59. The number of para-hydroxylation sites is 1. The Morgan fingerprint density at radius 3 is 2.42 bits per heavy atom. The normalized spacial score (nSPS) is 16.3. The van der Waals surface area contributed by atoms with Crippen LogP contribution in [0.15, 0.2) is 88.8 Å². The Labute approximate surface area is 158 Å². The summed E-state index contributed by atoms with van der Waals surface area (Å²) in [7, 11) is 0. The number of thioether (sulfide) groups is 1. The molecular formula is C23H21NOS. The van der Waals surface area contributed by atoms with Gasteiger partial charge in [0.2, 0.25) is 0 Å². The maximum atomic E-state index is 5.59. The number of fused-ring (bicyclic) bond motifs is 1. The van der Waals surface area contributed by atoms with Crippen LogP contribution in [-0.2, 0) is 0 Å². The van der Waals surface area contributed by atoms with Crippen molar-refractivity contribution in [3.05, 3.63) is 90.0 Å². The van der Waals surface area contributed by atoms with Gasteiger partial charge in [0.15, 0.2) is 0 Å². The lowest BCUT2D eigenvalue weighted by atomic mass is 10.0. The fourth-order valence-electron chi connectivity index (χ4n) is 3.15. The average molecular weight is 359 g/mol. The van der Waals surface area contributed by atoms with E-state index in [0.717, 1.165) is 23.6 Å². The first-order chi connectivity index (χ1) is 12.8. The Bertz CT molecular complexity index is 903. The summed E-state index contributed by atoms with van der Waals surface area (Å²) in [4.78, 5) is 6.24. The first-order valence-corrected chi connectivity index (χ1v) is 9.83. The summed E-state index contributed by atoms with van der Waals surface area (Å²) in [6.45, 7) is 2.70. The summed E-state index contributed by atoms with van der Waals surface area (Å²) in [6, 6.07) is 27.4. The van der Waals surface area contributed by atoms with Gasteiger partial charge >= 0.3 is 0 Å². The van der Waals surface area contributed by atoms with Crippen LogP contribution < -0.4 is 4.74 Å². The number of benzene rings is 3. The molecule has 130 valence electrons. The maximum Gasteiger partial charge on any atom is 0.119 e. The Hall–Kier alpha value is -2.52. The van der Waals surface area contributed by atoms with Crippen LogP contribution in [0.3, 0.4) is 0 Å². The molecule has 0 amide bonds. The molecule has 0 spiro atoms. The molecule has 3 heteroatoms. The molecule has 3 aromatic carbocycles. The molecule has 0 fully saturated rings. The Morgan fingerprint density at radius 2 is 1.65 bits per heavy atom. The van der Waals surface area contributed by atoms with Gasteiger partial charge in [-0.05, 0) is 42.3 Å². The standard InChI is InChI=1S/C23H21NOS/c1-2-25-19-14-12-18(13-15-19)23-16-21(17-8-4-3-5-9-17)24-20-10-6-7-11-22(20)26-23/h3-15,23H,2,16H2,1H3/t23-/m1/s1. The fraction of sp³-hybridized carbons (Fsp3) is 0.174. The molecule has 26 heavy (non-hydrogen) atoms. The first kappa shape index (κ1) is 16.9. The lowest BCUT2D eigenvalue weighted by molar-refractivity contribution is 0.340. The summed E-state index contributed by atoms with van der Waals surface area (Å²) in [5.41, 5.74) is 4.70. The van der Waals surface area contributed by atoms with Crippen molar-refractivity contribution in [1.82, 2.24) is 0 Å². The third-order valence-corrected chi connectivity index (χ3v) is 5.76. The van der Waals surface area contributed by atoms with E-state index in [9.17, 15) is 0 Å². The van der Waals surface area contributed by atoms with Crippen molar-refractivity contribution in [1.29, 1.82) is 0 Å². The van der Waals surface area contributed by atoms with E-state index in [1.54, 1.807) is 0 Å². The summed E-state index contributed by atoms with van der Waals surface area (Å²) < 4.78 is 5.59. The van der Waals surface area contributed by atoms with Gasteiger partial charge in [-0.2, -0.15) is 0 Å². The number of hydrogen-bond donors (Lipinski definition) is 0. The molecule has 1 aliphatic heterocycles. The van der Waals surface area contributed by atoms with Crippen molar-refractivity contribution in [2.75, 3.05) is 6.61 Å². The highest BCUT2D eigenvalue weighted by molar-refractivity contribution is 7.99. The zero-order chi connectivity index (χ0) is 17.8. The minimum Gasteiger partial charge on any atom is -0.494 e. The van der Waals surface area contributed by atoms with Gasteiger partial charge < -0.3 is 4.74 Å². The molecule has 1 atom stereocenters. The topological polar surface area (TPSA) is 21.6 Å². The lowest BCUT2D eigenvalue weighted by Gasteiger charge is -2.16. The van der Waals surface area contributed by atoms with E-state index in [1.165, 1.54) is 16.0 Å². The summed E-state index contributed by atoms with van der Waals surface area (Å²) >= 11 is 1.89. The van der Waals surface area contributed by atoms with E-state index >= 15 is 0 Å². The Kier molecular flexibility index (Phi) is 5.07. The summed E-state index contributed by atoms with van der Waals surface area (Å²) in [5.74, 6) is 0.923. The largest absolute Gasteiger partial charge is 0.494 e. The van der Waals surface area contributed by atoms with E-state index in [-0.39, 0.29) is 0 Å². The van der Waals surface area contributed by atoms with Crippen LogP contribution in [0.4, 0.5) is 5.69 Å². The molecule has 1 aliphatic rings. The second-order valence-corrected chi connectivity index (χ2v) is 7.45. The minimum absolute atomic E-state index is 0.327. The molecular weight excluding hydrogens is 338 g/mol. The molecule has 0 unspecified atom stereocenters. The third kappa shape index (κ3) is 3.68. The molecule has 0 aromatic heterocycles. The van der Waals surface area contributed by atoms with E-state index in [1.807, 2.05) is 24.8 Å². The Morgan fingerprint density at radius 1 is 0.923 bits per heavy atom. The van der Waals surface area contributed by atoms with E-state index < -0.39 is 0 Å². The van der Waals surface area contributed by atoms with E-state index in [2.05, 4.69) is 72.8 Å². The minimum atomic E-state index is 0.327. The summed E-state index contributed by atoms with van der Waals surface area (Å²) in [5, 5.41) is 0.327. The summed E-state index contributed by atoms with van der Waals surface area (Å²) in [6.07, 6.45) is 0.900. The van der Waals surface area contributed by atoms with Crippen molar-refractivity contribution in [3.63, 3.8) is 0 Å². The molecule has 0 saturated heterocycles. The smallest absolute Gasteiger partial charge is 0.119 e. The highest BCUT2D eigenvalue weighted by Gasteiger charge is 2.22. The van der Waals surface area contributed by atoms with Crippen molar-refractivity contribution in [3.8, 4) is 5.75 Å². The van der Waals surface area contributed by atoms with Crippen LogP contribution in [0.25, 0.3) is 0 Å². The second kappa shape index (κ2) is 7.79. The highest BCUT2D eigenvalue weighted by atomic mass is 32.2. The molecule has 0 aliphatic carbocycles. The molecule has 0 radical (unpaired) electrons. The van der Waals surface area contributed by atoms with Crippen LogP contribution in [0.1, 0.15) is 29.7 Å². The van der Waals surface area contributed by atoms with Gasteiger partial charge in [0.25, 0.3) is 0 Å². The van der Waals surface area contributed by atoms with Crippen LogP contribution in [-0.4, -0.2) is 12.3 Å². The van der Waals surface area contributed by atoms with Gasteiger partial charge in [-0.25, -0.2) is 0 Å². The Balaban J connectivity index is 1.72. The van der Waals surface area contributed by atoms with Gasteiger partial charge in [-0.15, -0.1) is 11.8 Å². The quantitative estimate of drug-likeness (QED) is 0.534. The predicted molar refractivity (Wildman–Crippen MR) is 110 cm³/mol. The van der Waals surface area contributed by atoms with Gasteiger partial charge in [-0.1, -0.05) is 54.6 Å². The van der Waals surface area contributed by atoms with Crippen LogP contribution in [0.5, 0.6) is 5.75 Å². The molecule has 2 nitrogen and oxygen atoms in total. The van der Waals surface area contributed by atoms with E-state index in [0.29, 0.717) is 11.9 Å². The van der Waals surface area contributed by atoms with Gasteiger partial charge in [0.05, 0.1) is 12.3 Å². The predicted octanol–water partition coefficient (Wildman–Crippen LogP) is 6.44. The average Bonchev–Trinajstić information content (AvgIpc) is 2.89. The molecule has 3 aromatic rings. The van der Waals surface area contributed by atoms with Crippen molar-refractivity contribution in [2.45, 2.75) is 23.5 Å². The molecule has 0 saturated carbocycles. The molecule has 0 bridgehead atoms. The fourth-order valence-corrected chi connectivity index (χ4v) is 4.39. The number of nitrogens with zero attached hydrogens (tertiary/aromatic N) is 1. The molecule has 1 heterocycles. The number of ether oxygens (including phenoxy) is 1. The second-order valence-electron chi connectivity index (χ2n) is 6.20. The van der Waals surface area contributed by atoms with Gasteiger partial charge in [-0.3, -0.25) is 4.99 Å². The van der Waals surface area contributed by atoms with E-state index in [4.69, 9.17) is 9.73 Å². The number of rotatable bonds is 4. The monoisotopic (exact) mass is 359 g/mol. The SMILES string of the molecule is CCOc1ccc([C@H]2CC(c3ccccc3)=Nc3ccccc3S2)cc1.